The fourth-order valence-corrected chi connectivity index (χ4v) is 5.62. The maximum Gasteiger partial charge on any atom is 0.430 e. The summed E-state index contributed by atoms with van der Waals surface area (Å²) in [6, 6.07) is 13.6. The number of nitrogens with zero attached hydrogens (tertiary/aromatic N) is 2. The number of allylic oxidation sites excluding steroid dienone is 4. The summed E-state index contributed by atoms with van der Waals surface area (Å²) in [5.74, 6) is 0.0444. The van der Waals surface area contributed by atoms with E-state index in [9.17, 15) is 13.2 Å². The number of hydrogen-bond acceptors (Lipinski definition) is 6. The molecule has 0 bridgehead atoms. The van der Waals surface area contributed by atoms with Crippen LogP contribution in [0.2, 0.25) is 0 Å². The molecule has 2 aliphatic rings. The van der Waals surface area contributed by atoms with Crippen molar-refractivity contribution in [3.8, 4) is 0 Å². The molecule has 46 heavy (non-hydrogen) atoms. The van der Waals surface area contributed by atoms with Gasteiger partial charge >= 0.3 is 6.18 Å². The Morgan fingerprint density at radius 3 is 2.39 bits per heavy atom. The number of benzene rings is 2. The Morgan fingerprint density at radius 2 is 1.78 bits per heavy atom. The van der Waals surface area contributed by atoms with Crippen molar-refractivity contribution in [3.05, 3.63) is 118 Å². The van der Waals surface area contributed by atoms with Crippen molar-refractivity contribution in [1.82, 2.24) is 4.98 Å². The lowest BCUT2D eigenvalue weighted by molar-refractivity contribution is -0.0925. The summed E-state index contributed by atoms with van der Waals surface area (Å²) in [5, 5.41) is 3.13. The lowest BCUT2D eigenvalue weighted by atomic mass is 9.79. The van der Waals surface area contributed by atoms with Crippen LogP contribution in [0.25, 0.3) is 6.08 Å². The monoisotopic (exact) mass is 632 g/mol. The standard InChI is InChI=1S/C36H40F4N6/c1-2-4-24-9-11-29(19-26(24)22-41)45-32(21-33(42)36(38,39)40)34(25-5-3-6-25)46-31-20-28(10-12-30(31)37)35(43,16-13-23-7-8-23)27-14-17-44-18-15-27/h2,4,9-12,14-15,17-21,23,46H,3,5-8,13,16,22,41-43H2,1H3/b4-2-,33-21?,45-32?. The summed E-state index contributed by atoms with van der Waals surface area (Å²) in [6.07, 6.45) is 9.13. The Kier molecular flexibility index (Phi) is 10.1. The predicted octanol–water partition coefficient (Wildman–Crippen LogP) is 8.13. The third-order valence-electron chi connectivity index (χ3n) is 8.71. The second-order valence-corrected chi connectivity index (χ2v) is 12.0. The van der Waals surface area contributed by atoms with E-state index in [2.05, 4.69) is 15.3 Å². The van der Waals surface area contributed by atoms with Crippen LogP contribution in [-0.4, -0.2) is 16.9 Å². The molecule has 2 fully saturated rings. The highest BCUT2D eigenvalue weighted by molar-refractivity contribution is 6.12. The predicted molar refractivity (Wildman–Crippen MR) is 177 cm³/mol. The fraction of sp³-hybridized carbons (Fsp3) is 0.333. The molecule has 242 valence electrons. The first-order valence-corrected chi connectivity index (χ1v) is 15.6. The third kappa shape index (κ3) is 7.74. The van der Waals surface area contributed by atoms with E-state index in [0.717, 1.165) is 41.2 Å². The topological polar surface area (TPSA) is 115 Å². The van der Waals surface area contributed by atoms with Crippen LogP contribution >= 0.6 is 0 Å². The summed E-state index contributed by atoms with van der Waals surface area (Å²) >= 11 is 0. The van der Waals surface area contributed by atoms with Gasteiger partial charge in [0, 0.05) is 18.9 Å². The van der Waals surface area contributed by atoms with Gasteiger partial charge in [-0.2, -0.15) is 13.2 Å². The summed E-state index contributed by atoms with van der Waals surface area (Å²) in [7, 11) is 0. The number of nitrogens with one attached hydrogen (secondary N) is 1. The van der Waals surface area contributed by atoms with Gasteiger partial charge < -0.3 is 22.5 Å². The summed E-state index contributed by atoms with van der Waals surface area (Å²) in [5.41, 5.74) is 21.1. The molecule has 5 rings (SSSR count). The van der Waals surface area contributed by atoms with Crippen LogP contribution in [0.3, 0.4) is 0 Å². The highest BCUT2D eigenvalue weighted by Gasteiger charge is 2.35. The summed E-state index contributed by atoms with van der Waals surface area (Å²) in [4.78, 5) is 8.76. The second kappa shape index (κ2) is 14.0. The van der Waals surface area contributed by atoms with Crippen molar-refractivity contribution in [1.29, 1.82) is 0 Å². The minimum atomic E-state index is -4.79. The van der Waals surface area contributed by atoms with Crippen LogP contribution in [0, 0.1) is 11.7 Å². The molecule has 0 radical (unpaired) electrons. The highest BCUT2D eigenvalue weighted by Crippen LogP contribution is 2.41. The number of nitrogens with two attached hydrogens (primary N) is 3. The zero-order valence-corrected chi connectivity index (χ0v) is 25.9. The first-order chi connectivity index (χ1) is 22.0. The first kappa shape index (κ1) is 33.1. The number of aromatic nitrogens is 1. The third-order valence-corrected chi connectivity index (χ3v) is 8.71. The van der Waals surface area contributed by atoms with E-state index < -0.39 is 23.2 Å². The normalized spacial score (nSPS) is 17.2. The molecule has 1 aromatic heterocycles. The Bertz CT molecular complexity index is 1670. The van der Waals surface area contributed by atoms with E-state index in [1.54, 1.807) is 36.7 Å². The molecule has 10 heteroatoms. The van der Waals surface area contributed by atoms with Crippen LogP contribution in [0.4, 0.5) is 28.9 Å². The van der Waals surface area contributed by atoms with Gasteiger partial charge in [-0.25, -0.2) is 9.38 Å². The number of aliphatic imine (C=N–C) groups is 1. The zero-order valence-electron chi connectivity index (χ0n) is 25.9. The lowest BCUT2D eigenvalue weighted by Crippen LogP contribution is -2.38. The molecule has 1 unspecified atom stereocenters. The van der Waals surface area contributed by atoms with Gasteiger partial charge in [0.25, 0.3) is 0 Å². The molecule has 1 atom stereocenters. The Labute approximate surface area is 267 Å². The van der Waals surface area contributed by atoms with Crippen molar-refractivity contribution in [3.63, 3.8) is 0 Å². The highest BCUT2D eigenvalue weighted by atomic mass is 19.4. The van der Waals surface area contributed by atoms with Crippen molar-refractivity contribution in [2.24, 2.45) is 28.1 Å². The average molecular weight is 633 g/mol. The number of anilines is 1. The molecule has 7 N–H and O–H groups in total. The number of hydrogen-bond donors (Lipinski definition) is 4. The van der Waals surface area contributed by atoms with E-state index in [0.29, 0.717) is 36.4 Å². The second-order valence-electron chi connectivity index (χ2n) is 12.0. The minimum absolute atomic E-state index is 0.0574. The Morgan fingerprint density at radius 1 is 1.04 bits per heavy atom. The molecule has 2 aliphatic carbocycles. The Balaban J connectivity index is 1.60. The maximum absolute atomic E-state index is 15.6. The molecule has 3 aromatic rings. The fourth-order valence-electron chi connectivity index (χ4n) is 5.62. The van der Waals surface area contributed by atoms with Gasteiger partial charge in [0.15, 0.2) is 0 Å². The van der Waals surface area contributed by atoms with E-state index in [-0.39, 0.29) is 23.6 Å². The molecule has 1 heterocycles. The molecule has 0 aliphatic heterocycles. The van der Waals surface area contributed by atoms with Gasteiger partial charge in [0.1, 0.15) is 11.5 Å². The molecule has 2 saturated carbocycles. The van der Waals surface area contributed by atoms with Gasteiger partial charge in [0.05, 0.1) is 28.3 Å². The Hall–Kier alpha value is -4.28. The van der Waals surface area contributed by atoms with Gasteiger partial charge in [-0.3, -0.25) is 4.98 Å². The first-order valence-electron chi connectivity index (χ1n) is 15.6. The smallest absolute Gasteiger partial charge is 0.395 e. The molecule has 0 saturated heterocycles. The summed E-state index contributed by atoms with van der Waals surface area (Å²) in [6.45, 7) is 2.09. The van der Waals surface area contributed by atoms with E-state index >= 15 is 4.39 Å². The molecular weight excluding hydrogens is 592 g/mol. The van der Waals surface area contributed by atoms with Crippen molar-refractivity contribution >= 4 is 23.2 Å². The van der Waals surface area contributed by atoms with Crippen LogP contribution < -0.4 is 22.5 Å². The average Bonchev–Trinajstić information content (AvgIpc) is 3.85. The largest absolute Gasteiger partial charge is 0.430 e. The van der Waals surface area contributed by atoms with Gasteiger partial charge in [0.2, 0.25) is 0 Å². The quantitative estimate of drug-likeness (QED) is 0.119. The van der Waals surface area contributed by atoms with Crippen LogP contribution in [0.1, 0.15) is 74.1 Å². The minimum Gasteiger partial charge on any atom is -0.395 e. The number of pyridine rings is 1. The van der Waals surface area contributed by atoms with Crippen molar-refractivity contribution in [2.45, 2.75) is 70.1 Å². The van der Waals surface area contributed by atoms with Crippen LogP contribution in [-0.2, 0) is 12.1 Å². The van der Waals surface area contributed by atoms with E-state index in [1.165, 1.54) is 18.9 Å². The van der Waals surface area contributed by atoms with Gasteiger partial charge in [-0.1, -0.05) is 37.1 Å². The van der Waals surface area contributed by atoms with Gasteiger partial charge in [-0.15, -0.1) is 0 Å². The zero-order chi connectivity index (χ0) is 32.9. The van der Waals surface area contributed by atoms with Crippen molar-refractivity contribution in [2.75, 3.05) is 5.32 Å². The van der Waals surface area contributed by atoms with Crippen LogP contribution in [0.5, 0.6) is 0 Å². The van der Waals surface area contributed by atoms with Crippen molar-refractivity contribution < 1.29 is 17.6 Å². The number of rotatable bonds is 12. The SMILES string of the molecule is C/C=C\c1ccc(N=C(C=C(N)C(F)(F)F)C(Nc2cc(C(N)(CCC3CC3)c3ccncc3)ccc2F)=C2CCC2)cc1CN. The summed E-state index contributed by atoms with van der Waals surface area (Å²) < 4.78 is 56.8. The maximum atomic E-state index is 15.6. The van der Waals surface area contributed by atoms with Gasteiger partial charge in [-0.05, 0) is 115 Å². The molecule has 0 amide bonds. The molecule has 6 nitrogen and oxygen atoms in total. The number of alkyl halides is 3. The van der Waals surface area contributed by atoms with E-state index in [1.807, 2.05) is 37.3 Å². The van der Waals surface area contributed by atoms with E-state index in [4.69, 9.17) is 17.2 Å². The van der Waals surface area contributed by atoms with Crippen LogP contribution in [0.15, 0.2) is 95.0 Å². The lowest BCUT2D eigenvalue weighted by Gasteiger charge is -2.32. The molecule has 2 aromatic carbocycles. The number of halogens is 4. The molecule has 0 spiro atoms. The molecular formula is C36H40F4N6.